The highest BCUT2D eigenvalue weighted by molar-refractivity contribution is 5.81. The molecular weight excluding hydrogens is 242 g/mol. The summed E-state index contributed by atoms with van der Waals surface area (Å²) in [5.74, 6) is -2.09. The first-order valence-corrected chi connectivity index (χ1v) is 5.75. The van der Waals surface area contributed by atoms with Gasteiger partial charge in [-0.15, -0.1) is 0 Å². The van der Waals surface area contributed by atoms with Crippen LogP contribution in [0.15, 0.2) is 0 Å². The first kappa shape index (κ1) is 14.4. The first-order valence-electron chi connectivity index (χ1n) is 5.75. The number of hydrogen-bond acceptors (Lipinski definition) is 7. The minimum Gasteiger partial charge on any atom is -0.466 e. The number of esters is 3. The summed E-state index contributed by atoms with van der Waals surface area (Å²) in [7, 11) is 0. The molecule has 2 N–H and O–H groups in total. The summed E-state index contributed by atoms with van der Waals surface area (Å²) >= 11 is 0. The molecule has 2 unspecified atom stereocenters. The van der Waals surface area contributed by atoms with E-state index in [1.165, 1.54) is 6.92 Å². The highest BCUT2D eigenvalue weighted by Crippen LogP contribution is 2.14. The molecule has 102 valence electrons. The summed E-state index contributed by atoms with van der Waals surface area (Å²) in [6.45, 7) is 1.71. The zero-order chi connectivity index (χ0) is 13.5. The summed E-state index contributed by atoms with van der Waals surface area (Å²) in [5.41, 5.74) is 5.44. The van der Waals surface area contributed by atoms with E-state index in [4.69, 9.17) is 15.2 Å². The summed E-state index contributed by atoms with van der Waals surface area (Å²) in [4.78, 5) is 33.4. The van der Waals surface area contributed by atoms with Crippen LogP contribution in [0, 0.1) is 5.92 Å². The van der Waals surface area contributed by atoms with Crippen molar-refractivity contribution in [3.05, 3.63) is 0 Å². The molecule has 0 aromatic carbocycles. The second-order valence-electron chi connectivity index (χ2n) is 3.94. The van der Waals surface area contributed by atoms with Gasteiger partial charge in [0.2, 0.25) is 6.10 Å². The van der Waals surface area contributed by atoms with E-state index in [2.05, 4.69) is 4.74 Å². The zero-order valence-corrected chi connectivity index (χ0v) is 10.2. The molecule has 0 aliphatic carbocycles. The molecule has 0 aromatic heterocycles. The van der Waals surface area contributed by atoms with Crippen LogP contribution in [0.5, 0.6) is 0 Å². The first-order chi connectivity index (χ1) is 8.54. The Hall–Kier alpha value is -1.63. The van der Waals surface area contributed by atoms with Crippen LogP contribution in [0.25, 0.3) is 0 Å². The normalized spacial score (nSPS) is 20.1. The monoisotopic (exact) mass is 259 g/mol. The predicted molar refractivity (Wildman–Crippen MR) is 59.3 cm³/mol. The van der Waals surface area contributed by atoms with E-state index in [1.54, 1.807) is 0 Å². The highest BCUT2D eigenvalue weighted by atomic mass is 16.6. The van der Waals surface area contributed by atoms with Crippen molar-refractivity contribution in [2.45, 2.75) is 25.9 Å². The van der Waals surface area contributed by atoms with E-state index >= 15 is 0 Å². The molecule has 1 heterocycles. The van der Waals surface area contributed by atoms with Crippen LogP contribution < -0.4 is 5.73 Å². The number of carbonyl (C=O) groups is 3. The Bertz CT molecular complexity index is 329. The molecule has 1 fully saturated rings. The molecule has 18 heavy (non-hydrogen) atoms. The molecule has 1 saturated heterocycles. The summed E-state index contributed by atoms with van der Waals surface area (Å²) < 4.78 is 14.4. The Morgan fingerprint density at radius 2 is 2.28 bits per heavy atom. The van der Waals surface area contributed by atoms with Crippen molar-refractivity contribution in [3.8, 4) is 0 Å². The van der Waals surface area contributed by atoms with Gasteiger partial charge in [-0.3, -0.25) is 9.59 Å². The molecule has 2 atom stereocenters. The number of nitrogens with two attached hydrogens (primary N) is 1. The zero-order valence-electron chi connectivity index (χ0n) is 10.2. The van der Waals surface area contributed by atoms with Crippen LogP contribution in [-0.2, 0) is 28.6 Å². The van der Waals surface area contributed by atoms with Gasteiger partial charge in [-0.2, -0.15) is 0 Å². The van der Waals surface area contributed by atoms with Crippen LogP contribution in [0.1, 0.15) is 19.8 Å². The van der Waals surface area contributed by atoms with Crippen molar-refractivity contribution < 1.29 is 28.6 Å². The number of rotatable bonds is 6. The van der Waals surface area contributed by atoms with Gasteiger partial charge in [0.15, 0.2) is 0 Å². The Morgan fingerprint density at radius 3 is 2.78 bits per heavy atom. The maximum atomic E-state index is 11.7. The third-order valence-corrected chi connectivity index (χ3v) is 2.54. The van der Waals surface area contributed by atoms with E-state index in [1.807, 2.05) is 0 Å². The Labute approximate surface area is 105 Å². The molecule has 7 nitrogen and oxygen atoms in total. The summed E-state index contributed by atoms with van der Waals surface area (Å²) in [5, 5.41) is 0. The molecule has 0 saturated carbocycles. The molecule has 1 aliphatic rings. The number of carbonyl (C=O) groups excluding carboxylic acids is 3. The lowest BCUT2D eigenvalue weighted by Crippen LogP contribution is -2.32. The fraction of sp³-hybridized carbons (Fsp3) is 0.727. The van der Waals surface area contributed by atoms with E-state index in [0.717, 1.165) is 0 Å². The molecule has 1 rings (SSSR count). The lowest BCUT2D eigenvalue weighted by Gasteiger charge is -2.15. The number of cyclic esters (lactones) is 1. The molecule has 0 aromatic rings. The second kappa shape index (κ2) is 6.95. The molecule has 0 bridgehead atoms. The van der Waals surface area contributed by atoms with Crippen molar-refractivity contribution in [1.82, 2.24) is 0 Å². The highest BCUT2D eigenvalue weighted by Gasteiger charge is 2.32. The maximum absolute atomic E-state index is 11.7. The average molecular weight is 259 g/mol. The van der Waals surface area contributed by atoms with Crippen LogP contribution in [0.4, 0.5) is 0 Å². The second-order valence-corrected chi connectivity index (χ2v) is 3.94. The van der Waals surface area contributed by atoms with Crippen LogP contribution in [-0.4, -0.2) is 43.8 Å². The lowest BCUT2D eigenvalue weighted by atomic mass is 10.1. The lowest BCUT2D eigenvalue weighted by molar-refractivity contribution is -0.163. The maximum Gasteiger partial charge on any atom is 0.347 e. The van der Waals surface area contributed by atoms with Crippen molar-refractivity contribution in [1.29, 1.82) is 0 Å². The third-order valence-electron chi connectivity index (χ3n) is 2.54. The van der Waals surface area contributed by atoms with E-state index in [0.29, 0.717) is 6.42 Å². The molecule has 0 amide bonds. The minimum absolute atomic E-state index is 0.0713. The van der Waals surface area contributed by atoms with Gasteiger partial charge < -0.3 is 19.9 Å². The topological polar surface area (TPSA) is 105 Å². The van der Waals surface area contributed by atoms with Crippen molar-refractivity contribution >= 4 is 17.9 Å². The van der Waals surface area contributed by atoms with Gasteiger partial charge in [-0.05, 0) is 6.42 Å². The van der Waals surface area contributed by atoms with Gasteiger partial charge in [-0.1, -0.05) is 0 Å². The standard InChI is InChI=1S/C11H17NO6/c1-7(13)16-4-2-8(6-12)10(14)18-9-3-5-17-11(9)15/h8-9H,2-6,12H2,1H3. The molecule has 0 radical (unpaired) electrons. The van der Waals surface area contributed by atoms with Gasteiger partial charge in [-0.25, -0.2) is 4.79 Å². The van der Waals surface area contributed by atoms with Crippen molar-refractivity contribution in [2.24, 2.45) is 11.7 Å². The van der Waals surface area contributed by atoms with Gasteiger partial charge in [0.1, 0.15) is 0 Å². The average Bonchev–Trinajstić information content (AvgIpc) is 2.70. The van der Waals surface area contributed by atoms with E-state index in [-0.39, 0.29) is 26.2 Å². The number of ether oxygens (including phenoxy) is 3. The summed E-state index contributed by atoms with van der Waals surface area (Å²) in [6.07, 6.45) is -0.192. The molecular formula is C11H17NO6. The third kappa shape index (κ3) is 4.33. The molecule has 0 spiro atoms. The predicted octanol–water partition coefficient (Wildman–Crippen LogP) is -0.627. The van der Waals surface area contributed by atoms with E-state index < -0.39 is 29.9 Å². The summed E-state index contributed by atoms with van der Waals surface area (Å²) in [6, 6.07) is 0. The Kier molecular flexibility index (Phi) is 5.57. The molecule has 1 aliphatic heterocycles. The minimum atomic E-state index is -0.833. The fourth-order valence-electron chi connectivity index (χ4n) is 1.50. The van der Waals surface area contributed by atoms with Crippen LogP contribution >= 0.6 is 0 Å². The fourth-order valence-corrected chi connectivity index (χ4v) is 1.50. The van der Waals surface area contributed by atoms with Gasteiger partial charge in [0.25, 0.3) is 0 Å². The SMILES string of the molecule is CC(=O)OCCC(CN)C(=O)OC1CCOC1=O. The van der Waals surface area contributed by atoms with Gasteiger partial charge in [0.05, 0.1) is 19.1 Å². The van der Waals surface area contributed by atoms with Crippen LogP contribution in [0.3, 0.4) is 0 Å². The molecule has 7 heteroatoms. The van der Waals surface area contributed by atoms with Crippen molar-refractivity contribution in [3.63, 3.8) is 0 Å². The quantitative estimate of drug-likeness (QED) is 0.500. The van der Waals surface area contributed by atoms with Crippen molar-refractivity contribution in [2.75, 3.05) is 19.8 Å². The number of hydrogen-bond donors (Lipinski definition) is 1. The van der Waals surface area contributed by atoms with Crippen LogP contribution in [0.2, 0.25) is 0 Å². The van der Waals surface area contributed by atoms with Gasteiger partial charge >= 0.3 is 17.9 Å². The largest absolute Gasteiger partial charge is 0.466 e. The van der Waals surface area contributed by atoms with Gasteiger partial charge in [0, 0.05) is 19.9 Å². The van der Waals surface area contributed by atoms with E-state index in [9.17, 15) is 14.4 Å². The Balaban J connectivity index is 2.36. The Morgan fingerprint density at radius 1 is 1.56 bits per heavy atom. The smallest absolute Gasteiger partial charge is 0.347 e.